The van der Waals surface area contributed by atoms with E-state index in [2.05, 4.69) is 6.92 Å². The standard InChI is InChI=1S/C18H33N3O2/c1-4-14(3)17(22)20-8-5-6-15(12-20)18(23)21-9-7-13(2)10-16(21)11-19/h13-16H,4-12,19H2,1-3H3. The first-order chi connectivity index (χ1) is 11.0. The van der Waals surface area contributed by atoms with Crippen LogP contribution in [-0.4, -0.2) is 53.8 Å². The zero-order valence-electron chi connectivity index (χ0n) is 15.0. The van der Waals surface area contributed by atoms with E-state index in [0.717, 1.165) is 45.2 Å². The first kappa shape index (κ1) is 18.2. The minimum absolute atomic E-state index is 0.0424. The number of carbonyl (C=O) groups excluding carboxylic acids is 2. The van der Waals surface area contributed by atoms with E-state index in [1.54, 1.807) is 0 Å². The fourth-order valence-electron chi connectivity index (χ4n) is 3.86. The Morgan fingerprint density at radius 2 is 2.00 bits per heavy atom. The van der Waals surface area contributed by atoms with Gasteiger partial charge in [0.2, 0.25) is 11.8 Å². The summed E-state index contributed by atoms with van der Waals surface area (Å²) in [4.78, 5) is 29.3. The maximum absolute atomic E-state index is 13.0. The van der Waals surface area contributed by atoms with E-state index in [-0.39, 0.29) is 29.7 Å². The SMILES string of the molecule is CCC(C)C(=O)N1CCCC(C(=O)N2CCC(C)CC2CN)C1. The topological polar surface area (TPSA) is 66.6 Å². The highest BCUT2D eigenvalue weighted by Gasteiger charge is 2.36. The highest BCUT2D eigenvalue weighted by atomic mass is 16.2. The third-order valence-corrected chi connectivity index (χ3v) is 5.65. The van der Waals surface area contributed by atoms with Crippen LogP contribution in [0.15, 0.2) is 0 Å². The third-order valence-electron chi connectivity index (χ3n) is 5.65. The summed E-state index contributed by atoms with van der Waals surface area (Å²) >= 11 is 0. The van der Waals surface area contributed by atoms with Crippen LogP contribution < -0.4 is 5.73 Å². The lowest BCUT2D eigenvalue weighted by Gasteiger charge is -2.42. The van der Waals surface area contributed by atoms with Gasteiger partial charge in [-0.25, -0.2) is 0 Å². The summed E-state index contributed by atoms with van der Waals surface area (Å²) in [6, 6.07) is 0.173. The number of nitrogens with two attached hydrogens (primary N) is 1. The monoisotopic (exact) mass is 323 g/mol. The van der Waals surface area contributed by atoms with Crippen molar-refractivity contribution in [2.24, 2.45) is 23.5 Å². The molecule has 2 heterocycles. The van der Waals surface area contributed by atoms with Crippen LogP contribution >= 0.6 is 0 Å². The number of amides is 2. The van der Waals surface area contributed by atoms with Crippen LogP contribution in [0.4, 0.5) is 0 Å². The molecule has 0 aromatic heterocycles. The molecule has 5 nitrogen and oxygen atoms in total. The van der Waals surface area contributed by atoms with Gasteiger partial charge in [-0.2, -0.15) is 0 Å². The van der Waals surface area contributed by atoms with E-state index in [4.69, 9.17) is 5.73 Å². The fourth-order valence-corrected chi connectivity index (χ4v) is 3.86. The molecular formula is C18H33N3O2. The van der Waals surface area contributed by atoms with Gasteiger partial charge in [0.1, 0.15) is 0 Å². The van der Waals surface area contributed by atoms with E-state index < -0.39 is 0 Å². The second kappa shape index (κ2) is 8.13. The molecule has 2 amide bonds. The second-order valence-corrected chi connectivity index (χ2v) is 7.48. The Balaban J connectivity index is 2.00. The fraction of sp³-hybridized carbons (Fsp3) is 0.889. The molecule has 23 heavy (non-hydrogen) atoms. The van der Waals surface area contributed by atoms with Gasteiger partial charge in [0.15, 0.2) is 0 Å². The number of rotatable bonds is 4. The van der Waals surface area contributed by atoms with Gasteiger partial charge in [-0.3, -0.25) is 9.59 Å². The molecule has 2 fully saturated rings. The van der Waals surface area contributed by atoms with Gasteiger partial charge < -0.3 is 15.5 Å². The van der Waals surface area contributed by atoms with Gasteiger partial charge in [-0.05, 0) is 38.0 Å². The maximum Gasteiger partial charge on any atom is 0.227 e. The molecular weight excluding hydrogens is 290 g/mol. The lowest BCUT2D eigenvalue weighted by atomic mass is 9.89. The van der Waals surface area contributed by atoms with Gasteiger partial charge in [0.05, 0.1) is 5.92 Å². The molecule has 0 aliphatic carbocycles. The van der Waals surface area contributed by atoms with Crippen molar-refractivity contribution in [3.05, 3.63) is 0 Å². The number of nitrogens with zero attached hydrogens (tertiary/aromatic N) is 2. The highest BCUT2D eigenvalue weighted by molar-refractivity contribution is 5.82. The summed E-state index contributed by atoms with van der Waals surface area (Å²) in [6.45, 7) is 8.99. The Bertz CT molecular complexity index is 426. The van der Waals surface area contributed by atoms with E-state index >= 15 is 0 Å². The van der Waals surface area contributed by atoms with E-state index in [1.165, 1.54) is 0 Å². The second-order valence-electron chi connectivity index (χ2n) is 7.48. The summed E-state index contributed by atoms with van der Waals surface area (Å²) in [5.74, 6) is 1.07. The van der Waals surface area contributed by atoms with Crippen LogP contribution in [0.5, 0.6) is 0 Å². The van der Waals surface area contributed by atoms with Crippen molar-refractivity contribution in [2.75, 3.05) is 26.2 Å². The normalized spacial score (nSPS) is 30.2. The molecule has 4 unspecified atom stereocenters. The van der Waals surface area contributed by atoms with Gasteiger partial charge in [-0.15, -0.1) is 0 Å². The number of carbonyl (C=O) groups is 2. The maximum atomic E-state index is 13.0. The largest absolute Gasteiger partial charge is 0.342 e. The molecule has 2 aliphatic heterocycles. The van der Waals surface area contributed by atoms with E-state index in [9.17, 15) is 9.59 Å². The Morgan fingerprint density at radius 1 is 1.26 bits per heavy atom. The van der Waals surface area contributed by atoms with Crippen molar-refractivity contribution in [1.82, 2.24) is 9.80 Å². The van der Waals surface area contributed by atoms with Gasteiger partial charge in [0, 0.05) is 38.1 Å². The molecule has 2 rings (SSSR count). The lowest BCUT2D eigenvalue weighted by Crippen LogP contribution is -2.54. The molecule has 0 aromatic carbocycles. The number of piperidine rings is 2. The molecule has 132 valence electrons. The first-order valence-corrected chi connectivity index (χ1v) is 9.27. The Labute approximate surface area is 140 Å². The average Bonchev–Trinajstić information content (AvgIpc) is 2.59. The van der Waals surface area contributed by atoms with Crippen LogP contribution in [-0.2, 0) is 9.59 Å². The van der Waals surface area contributed by atoms with Crippen LogP contribution in [0.25, 0.3) is 0 Å². The Kier molecular flexibility index (Phi) is 6.45. The zero-order valence-corrected chi connectivity index (χ0v) is 15.0. The molecule has 0 saturated carbocycles. The summed E-state index contributed by atoms with van der Waals surface area (Å²) in [5, 5.41) is 0. The van der Waals surface area contributed by atoms with Crippen LogP contribution in [0.2, 0.25) is 0 Å². The molecule has 4 atom stereocenters. The van der Waals surface area contributed by atoms with Crippen LogP contribution in [0, 0.1) is 17.8 Å². The Morgan fingerprint density at radius 3 is 2.65 bits per heavy atom. The van der Waals surface area contributed by atoms with Crippen molar-refractivity contribution in [3.8, 4) is 0 Å². The molecule has 0 radical (unpaired) electrons. The predicted octanol–water partition coefficient (Wildman–Crippen LogP) is 1.86. The summed E-state index contributed by atoms with van der Waals surface area (Å²) in [5.41, 5.74) is 5.90. The van der Waals surface area contributed by atoms with Crippen molar-refractivity contribution < 1.29 is 9.59 Å². The van der Waals surface area contributed by atoms with Crippen LogP contribution in [0.1, 0.15) is 52.9 Å². The Hall–Kier alpha value is -1.10. The molecule has 5 heteroatoms. The van der Waals surface area contributed by atoms with E-state index in [1.807, 2.05) is 23.6 Å². The van der Waals surface area contributed by atoms with Gasteiger partial charge in [-0.1, -0.05) is 20.8 Å². The van der Waals surface area contributed by atoms with Crippen molar-refractivity contribution >= 4 is 11.8 Å². The zero-order chi connectivity index (χ0) is 17.0. The average molecular weight is 323 g/mol. The van der Waals surface area contributed by atoms with Gasteiger partial charge >= 0.3 is 0 Å². The van der Waals surface area contributed by atoms with Crippen LogP contribution in [0.3, 0.4) is 0 Å². The quantitative estimate of drug-likeness (QED) is 0.858. The minimum Gasteiger partial charge on any atom is -0.342 e. The lowest BCUT2D eigenvalue weighted by molar-refractivity contribution is -0.145. The number of hydrogen-bond donors (Lipinski definition) is 1. The van der Waals surface area contributed by atoms with Crippen molar-refractivity contribution in [3.63, 3.8) is 0 Å². The summed E-state index contributed by atoms with van der Waals surface area (Å²) in [6.07, 6.45) is 4.74. The predicted molar refractivity (Wildman–Crippen MR) is 91.7 cm³/mol. The molecule has 2 N–H and O–H groups in total. The van der Waals surface area contributed by atoms with E-state index in [0.29, 0.717) is 19.0 Å². The smallest absolute Gasteiger partial charge is 0.227 e. The summed E-state index contributed by atoms with van der Waals surface area (Å²) < 4.78 is 0. The van der Waals surface area contributed by atoms with Crippen molar-refractivity contribution in [2.45, 2.75) is 58.9 Å². The van der Waals surface area contributed by atoms with Gasteiger partial charge in [0.25, 0.3) is 0 Å². The number of likely N-dealkylation sites (tertiary alicyclic amines) is 2. The highest BCUT2D eigenvalue weighted by Crippen LogP contribution is 2.27. The molecule has 0 bridgehead atoms. The third kappa shape index (κ3) is 4.25. The molecule has 2 aliphatic rings. The molecule has 0 spiro atoms. The number of hydrogen-bond acceptors (Lipinski definition) is 3. The minimum atomic E-state index is -0.0424. The molecule has 0 aromatic rings. The summed E-state index contributed by atoms with van der Waals surface area (Å²) in [7, 11) is 0. The first-order valence-electron chi connectivity index (χ1n) is 9.27. The van der Waals surface area contributed by atoms with Crippen molar-refractivity contribution in [1.29, 1.82) is 0 Å². The molecule has 2 saturated heterocycles.